The molecule has 0 radical (unpaired) electrons. The van der Waals surface area contributed by atoms with E-state index in [9.17, 15) is 14.4 Å². The van der Waals surface area contributed by atoms with Crippen LogP contribution in [0.25, 0.3) is 23.3 Å². The van der Waals surface area contributed by atoms with E-state index in [2.05, 4.69) is 4.98 Å². The van der Waals surface area contributed by atoms with Crippen LogP contribution in [0.15, 0.2) is 33.9 Å². The number of aryl methyl sites for hydroxylation is 2. The van der Waals surface area contributed by atoms with Crippen molar-refractivity contribution in [3.05, 3.63) is 62.1 Å². The van der Waals surface area contributed by atoms with Gasteiger partial charge in [0, 0.05) is 38.8 Å². The van der Waals surface area contributed by atoms with E-state index >= 15 is 0 Å². The van der Waals surface area contributed by atoms with E-state index in [0.29, 0.717) is 61.9 Å². The van der Waals surface area contributed by atoms with Crippen molar-refractivity contribution in [2.75, 3.05) is 26.3 Å². The Morgan fingerprint density at radius 1 is 1.03 bits per heavy atom. The van der Waals surface area contributed by atoms with Crippen LogP contribution in [0.5, 0.6) is 0 Å². The summed E-state index contributed by atoms with van der Waals surface area (Å²) < 4.78 is 9.76. The number of ether oxygens (including phenoxy) is 1. The average molecular weight is 438 g/mol. The first-order chi connectivity index (χ1) is 15.5. The molecule has 1 fully saturated rings. The van der Waals surface area contributed by atoms with Crippen molar-refractivity contribution in [3.63, 3.8) is 0 Å². The van der Waals surface area contributed by atoms with E-state index < -0.39 is 0 Å². The summed E-state index contributed by atoms with van der Waals surface area (Å²) in [5, 5.41) is 0. The van der Waals surface area contributed by atoms with E-state index in [4.69, 9.17) is 4.74 Å². The smallest absolute Gasteiger partial charge is 0.332 e. The van der Waals surface area contributed by atoms with Crippen LogP contribution >= 0.6 is 0 Å². The van der Waals surface area contributed by atoms with Gasteiger partial charge in [-0.25, -0.2) is 9.78 Å². The third kappa shape index (κ3) is 3.80. The first-order valence-electron chi connectivity index (χ1n) is 10.8. The molecule has 0 spiro atoms. The highest BCUT2D eigenvalue weighted by Crippen LogP contribution is 2.15. The highest BCUT2D eigenvalue weighted by atomic mass is 16.5. The van der Waals surface area contributed by atoms with Crippen molar-refractivity contribution < 1.29 is 9.53 Å². The molecule has 0 unspecified atom stereocenters. The fourth-order valence-corrected chi connectivity index (χ4v) is 3.95. The summed E-state index contributed by atoms with van der Waals surface area (Å²) >= 11 is 0. The second-order valence-electron chi connectivity index (χ2n) is 7.64. The molecule has 1 saturated heterocycles. The number of imidazole rings is 1. The monoisotopic (exact) mass is 437 g/mol. The minimum Gasteiger partial charge on any atom is -0.378 e. The van der Waals surface area contributed by atoms with E-state index in [1.165, 1.54) is 9.13 Å². The van der Waals surface area contributed by atoms with Gasteiger partial charge in [-0.1, -0.05) is 18.2 Å². The van der Waals surface area contributed by atoms with Crippen LogP contribution in [0.2, 0.25) is 0 Å². The summed E-state index contributed by atoms with van der Waals surface area (Å²) in [6.07, 6.45) is 3.68. The zero-order chi connectivity index (χ0) is 22.8. The molecule has 0 N–H and O–H groups in total. The Kier molecular flexibility index (Phi) is 6.09. The molecule has 3 aromatic rings. The minimum absolute atomic E-state index is 0.00363. The number of carbonyl (C=O) groups is 1. The summed E-state index contributed by atoms with van der Waals surface area (Å²) in [6.45, 7) is 6.72. The van der Waals surface area contributed by atoms with Crippen LogP contribution in [0, 0.1) is 0 Å². The van der Waals surface area contributed by atoms with Gasteiger partial charge in [-0.2, -0.15) is 0 Å². The minimum atomic E-state index is -0.346. The van der Waals surface area contributed by atoms with Gasteiger partial charge in [-0.15, -0.1) is 0 Å². The second-order valence-corrected chi connectivity index (χ2v) is 7.64. The van der Waals surface area contributed by atoms with Crippen LogP contribution in [-0.2, 0) is 24.9 Å². The molecule has 0 atom stereocenters. The van der Waals surface area contributed by atoms with Gasteiger partial charge in [-0.3, -0.25) is 18.7 Å². The Bertz CT molecular complexity index is 1290. The molecular weight excluding hydrogens is 410 g/mol. The number of carbonyl (C=O) groups excluding carboxylic acids is 1. The van der Waals surface area contributed by atoms with Crippen molar-refractivity contribution in [1.29, 1.82) is 0 Å². The zero-order valence-electron chi connectivity index (χ0n) is 18.6. The number of nitrogens with zero attached hydrogens (tertiary/aromatic N) is 5. The van der Waals surface area contributed by atoms with Gasteiger partial charge in [0.05, 0.1) is 13.2 Å². The number of morpholine rings is 1. The molecule has 9 heteroatoms. The Balaban J connectivity index is 1.63. The lowest BCUT2D eigenvalue weighted by atomic mass is 10.1. The topological polar surface area (TPSA) is 91.4 Å². The van der Waals surface area contributed by atoms with E-state index in [1.54, 1.807) is 41.6 Å². The molecule has 32 heavy (non-hydrogen) atoms. The van der Waals surface area contributed by atoms with Gasteiger partial charge in [0.1, 0.15) is 5.82 Å². The maximum Gasteiger partial charge on any atom is 0.332 e. The highest BCUT2D eigenvalue weighted by Gasteiger charge is 2.19. The molecule has 4 rings (SSSR count). The normalized spacial score (nSPS) is 14.5. The third-order valence-corrected chi connectivity index (χ3v) is 5.79. The summed E-state index contributed by atoms with van der Waals surface area (Å²) in [5.74, 6) is 0.574. The summed E-state index contributed by atoms with van der Waals surface area (Å²) in [7, 11) is 1.77. The fraction of sp³-hybridized carbons (Fsp3) is 0.391. The lowest BCUT2D eigenvalue weighted by Crippen LogP contribution is -2.40. The third-order valence-electron chi connectivity index (χ3n) is 5.79. The summed E-state index contributed by atoms with van der Waals surface area (Å²) in [5.41, 5.74) is 1.65. The van der Waals surface area contributed by atoms with Crippen LogP contribution < -0.4 is 11.2 Å². The molecule has 1 amide bonds. The van der Waals surface area contributed by atoms with Gasteiger partial charge >= 0.3 is 5.69 Å². The maximum atomic E-state index is 12.8. The number of fused-ring (bicyclic) bond motifs is 1. The van der Waals surface area contributed by atoms with Crippen molar-refractivity contribution in [2.24, 2.45) is 7.05 Å². The molecule has 3 heterocycles. The van der Waals surface area contributed by atoms with Crippen LogP contribution in [0.3, 0.4) is 0 Å². The number of amides is 1. The second kappa shape index (κ2) is 8.96. The Labute approximate surface area is 185 Å². The van der Waals surface area contributed by atoms with E-state index in [-0.39, 0.29) is 17.2 Å². The zero-order valence-corrected chi connectivity index (χ0v) is 18.6. The first kappa shape index (κ1) is 21.8. The van der Waals surface area contributed by atoms with Crippen molar-refractivity contribution >= 4 is 29.2 Å². The molecule has 9 nitrogen and oxygen atoms in total. The van der Waals surface area contributed by atoms with Crippen molar-refractivity contribution in [2.45, 2.75) is 26.9 Å². The van der Waals surface area contributed by atoms with Crippen LogP contribution in [-0.4, -0.2) is 55.8 Å². The number of hydrogen-bond acceptors (Lipinski definition) is 5. The summed E-state index contributed by atoms with van der Waals surface area (Å²) in [6, 6.07) is 7.36. The largest absolute Gasteiger partial charge is 0.378 e. The molecule has 168 valence electrons. The number of aromatic nitrogens is 4. The first-order valence-corrected chi connectivity index (χ1v) is 10.8. The van der Waals surface area contributed by atoms with Gasteiger partial charge < -0.3 is 14.2 Å². The van der Waals surface area contributed by atoms with Gasteiger partial charge in [0.25, 0.3) is 11.5 Å². The van der Waals surface area contributed by atoms with E-state index in [1.807, 2.05) is 25.1 Å². The highest BCUT2D eigenvalue weighted by molar-refractivity contribution is 5.94. The average Bonchev–Trinajstić information content (AvgIpc) is 3.15. The van der Waals surface area contributed by atoms with Crippen LogP contribution in [0.1, 0.15) is 35.6 Å². The maximum absolute atomic E-state index is 12.8. The number of rotatable bonds is 5. The molecule has 2 aromatic heterocycles. The van der Waals surface area contributed by atoms with Gasteiger partial charge in [0.15, 0.2) is 11.2 Å². The predicted octanol–water partition coefficient (Wildman–Crippen LogP) is 1.58. The summed E-state index contributed by atoms with van der Waals surface area (Å²) in [4.78, 5) is 44.3. The Hall–Kier alpha value is -3.46. The SMILES string of the molecule is CCn1c(=O)c2c(nc(/C=C/c3ccc(C(=O)N4CCOCC4)cc3)n2C)n(CC)c1=O. The molecule has 0 saturated carbocycles. The molecule has 0 aliphatic carbocycles. The number of benzene rings is 1. The van der Waals surface area contributed by atoms with Crippen molar-refractivity contribution in [1.82, 2.24) is 23.6 Å². The van der Waals surface area contributed by atoms with Gasteiger partial charge in [0.2, 0.25) is 0 Å². The fourth-order valence-electron chi connectivity index (χ4n) is 3.95. The van der Waals surface area contributed by atoms with Crippen LogP contribution in [0.4, 0.5) is 0 Å². The standard InChI is InChI=1S/C23H27N5O4/c1-4-27-20-19(22(30)28(5-2)23(27)31)25(3)18(24-20)11-8-16-6-9-17(10-7-16)21(29)26-12-14-32-15-13-26/h6-11H,4-5,12-15H2,1-3H3/b11-8+. The molecule has 1 aromatic carbocycles. The molecular formula is C23H27N5O4. The molecule has 0 bridgehead atoms. The van der Waals surface area contributed by atoms with E-state index in [0.717, 1.165) is 5.56 Å². The molecule has 1 aliphatic rings. The lowest BCUT2D eigenvalue weighted by molar-refractivity contribution is 0.0303. The quantitative estimate of drug-likeness (QED) is 0.604. The predicted molar refractivity (Wildman–Crippen MR) is 123 cm³/mol. The Morgan fingerprint density at radius 3 is 2.31 bits per heavy atom. The lowest BCUT2D eigenvalue weighted by Gasteiger charge is -2.26. The molecule has 1 aliphatic heterocycles. The number of hydrogen-bond donors (Lipinski definition) is 0. The van der Waals surface area contributed by atoms with Gasteiger partial charge in [-0.05, 0) is 37.6 Å². The van der Waals surface area contributed by atoms with Crippen molar-refractivity contribution in [3.8, 4) is 0 Å². The Morgan fingerprint density at radius 2 is 1.69 bits per heavy atom.